The van der Waals surface area contributed by atoms with Crippen molar-refractivity contribution in [2.45, 2.75) is 48.0 Å². The van der Waals surface area contributed by atoms with Crippen molar-refractivity contribution in [3.8, 4) is 0 Å². The molecule has 0 fully saturated rings. The lowest BCUT2D eigenvalue weighted by atomic mass is 9.61. The smallest absolute Gasteiger partial charge is 0.326 e. The van der Waals surface area contributed by atoms with Crippen molar-refractivity contribution in [3.63, 3.8) is 0 Å². The van der Waals surface area contributed by atoms with Crippen LogP contribution in [0.3, 0.4) is 0 Å². The first-order chi connectivity index (χ1) is 8.68. The van der Waals surface area contributed by atoms with Crippen LogP contribution in [0.1, 0.15) is 48.0 Å². The third-order valence-electron chi connectivity index (χ3n) is 4.15. The van der Waals surface area contributed by atoms with E-state index in [1.165, 1.54) is 0 Å². The van der Waals surface area contributed by atoms with Crippen molar-refractivity contribution in [3.05, 3.63) is 23.5 Å². The second-order valence-corrected chi connectivity index (χ2v) is 9.48. The third kappa shape index (κ3) is 3.75. The van der Waals surface area contributed by atoms with Crippen molar-refractivity contribution >= 4 is 7.60 Å². The quantitative estimate of drug-likeness (QED) is 0.673. The molecule has 0 saturated heterocycles. The zero-order valence-corrected chi connectivity index (χ0v) is 14.2. The first-order valence-corrected chi connectivity index (χ1v) is 8.65. The highest BCUT2D eigenvalue weighted by molar-refractivity contribution is 7.51. The van der Waals surface area contributed by atoms with Crippen LogP contribution in [-0.2, 0) is 4.57 Å². The van der Waals surface area contributed by atoms with Gasteiger partial charge in [0.1, 0.15) is 5.76 Å². The maximum absolute atomic E-state index is 11.6. The van der Waals surface area contributed by atoms with Crippen LogP contribution in [0.15, 0.2) is 23.5 Å². The molecule has 4 nitrogen and oxygen atoms in total. The fourth-order valence-corrected chi connectivity index (χ4v) is 4.07. The van der Waals surface area contributed by atoms with Gasteiger partial charge in [-0.05, 0) is 28.9 Å². The minimum Gasteiger partial charge on any atom is -0.508 e. The van der Waals surface area contributed by atoms with Crippen molar-refractivity contribution in [2.24, 2.45) is 16.2 Å². The average Bonchev–Trinajstić information content (AvgIpc) is 2.15. The van der Waals surface area contributed by atoms with Crippen LogP contribution < -0.4 is 0 Å². The number of rotatable bonds is 2. The largest absolute Gasteiger partial charge is 0.508 e. The van der Waals surface area contributed by atoms with E-state index in [0.717, 1.165) is 5.57 Å². The fraction of sp³-hybridized carbons (Fsp3) is 0.733. The average molecular weight is 302 g/mol. The van der Waals surface area contributed by atoms with Gasteiger partial charge in [-0.15, -0.1) is 0 Å². The van der Waals surface area contributed by atoms with Gasteiger partial charge in [0.15, 0.2) is 0 Å². The van der Waals surface area contributed by atoms with E-state index < -0.39 is 13.0 Å². The molecular formula is C15H27O4P. The van der Waals surface area contributed by atoms with Crippen LogP contribution >= 0.6 is 7.60 Å². The van der Waals surface area contributed by atoms with Gasteiger partial charge >= 0.3 is 7.60 Å². The Bertz CT molecular complexity index is 485. The van der Waals surface area contributed by atoms with E-state index in [0.29, 0.717) is 6.42 Å². The van der Waals surface area contributed by atoms with Crippen molar-refractivity contribution in [1.82, 2.24) is 0 Å². The van der Waals surface area contributed by atoms with Crippen molar-refractivity contribution in [1.29, 1.82) is 0 Å². The Morgan fingerprint density at radius 2 is 1.70 bits per heavy atom. The van der Waals surface area contributed by atoms with E-state index >= 15 is 0 Å². The van der Waals surface area contributed by atoms with Gasteiger partial charge in [0.2, 0.25) is 0 Å². The summed E-state index contributed by atoms with van der Waals surface area (Å²) in [7, 11) is -4.15. The Labute approximate surface area is 121 Å². The van der Waals surface area contributed by atoms with Crippen molar-refractivity contribution < 1.29 is 19.5 Å². The molecule has 0 radical (unpaired) electrons. The highest BCUT2D eigenvalue weighted by Gasteiger charge is 2.46. The van der Waals surface area contributed by atoms with Crippen molar-refractivity contribution in [2.75, 3.05) is 6.16 Å². The zero-order valence-electron chi connectivity index (χ0n) is 13.3. The third-order valence-corrected chi connectivity index (χ3v) is 5.12. The summed E-state index contributed by atoms with van der Waals surface area (Å²) < 4.78 is 11.6. The summed E-state index contributed by atoms with van der Waals surface area (Å²) in [6.07, 6.45) is 3.82. The second kappa shape index (κ2) is 5.01. The summed E-state index contributed by atoms with van der Waals surface area (Å²) in [5.74, 6) is 0.225. The molecule has 0 heterocycles. The maximum Gasteiger partial charge on any atom is 0.326 e. The van der Waals surface area contributed by atoms with Gasteiger partial charge in [-0.1, -0.05) is 47.6 Å². The van der Waals surface area contributed by atoms with Gasteiger partial charge in [0.25, 0.3) is 0 Å². The Morgan fingerprint density at radius 3 is 2.05 bits per heavy atom. The molecule has 0 aliphatic heterocycles. The molecular weight excluding hydrogens is 275 g/mol. The molecule has 1 unspecified atom stereocenters. The summed E-state index contributed by atoms with van der Waals surface area (Å²) in [5, 5.41) is 10.1. The molecule has 20 heavy (non-hydrogen) atoms. The lowest BCUT2D eigenvalue weighted by Gasteiger charge is -2.46. The molecule has 116 valence electrons. The van der Waals surface area contributed by atoms with Crippen LogP contribution in [0.25, 0.3) is 0 Å². The van der Waals surface area contributed by atoms with E-state index in [4.69, 9.17) is 0 Å². The Kier molecular flexibility index (Phi) is 4.38. The number of hydrogen-bond acceptors (Lipinski definition) is 2. The van der Waals surface area contributed by atoms with E-state index in [-0.39, 0.29) is 22.8 Å². The number of allylic oxidation sites excluding steroid dienone is 3. The Hall–Kier alpha value is -0.570. The molecule has 0 aromatic heterocycles. The summed E-state index contributed by atoms with van der Waals surface area (Å²) >= 11 is 0. The van der Waals surface area contributed by atoms with E-state index in [1.54, 1.807) is 6.08 Å². The van der Waals surface area contributed by atoms with Crippen LogP contribution in [0.5, 0.6) is 0 Å². The molecule has 5 heteroatoms. The monoisotopic (exact) mass is 302 g/mol. The van der Waals surface area contributed by atoms with Crippen LogP contribution in [0.2, 0.25) is 0 Å². The number of hydrogen-bond donors (Lipinski definition) is 3. The van der Waals surface area contributed by atoms with Gasteiger partial charge in [-0.2, -0.15) is 0 Å². The Balaban J connectivity index is 3.42. The fourth-order valence-electron chi connectivity index (χ4n) is 2.64. The normalized spacial score (nSPS) is 25.2. The minimum atomic E-state index is -4.15. The molecule has 1 aliphatic rings. The summed E-state index contributed by atoms with van der Waals surface area (Å²) in [6.45, 7) is 11.9. The SMILES string of the molecule is CC(C)(C)C1=CC(CP(=O)(O)O)(C(C)(C)C)CC=C1O. The zero-order chi connectivity index (χ0) is 16.0. The van der Waals surface area contributed by atoms with Gasteiger partial charge in [-0.25, -0.2) is 0 Å². The standard InChI is InChI=1S/C15H27O4P/c1-13(2,3)11-9-15(14(4,5)6,8-7-12(11)16)10-20(17,18)19/h7,9,16H,8,10H2,1-6H3,(H2,17,18,19). The number of aliphatic hydroxyl groups is 1. The first kappa shape index (κ1) is 17.5. The molecule has 0 spiro atoms. The lowest BCUT2D eigenvalue weighted by Crippen LogP contribution is -2.39. The molecule has 0 aromatic rings. The maximum atomic E-state index is 11.6. The molecule has 0 amide bonds. The van der Waals surface area contributed by atoms with Crippen LogP contribution in [-0.4, -0.2) is 21.1 Å². The highest BCUT2D eigenvalue weighted by Crippen LogP contribution is 2.56. The molecule has 0 saturated carbocycles. The molecule has 0 bridgehead atoms. The summed E-state index contributed by atoms with van der Waals surface area (Å²) in [6, 6.07) is 0. The topological polar surface area (TPSA) is 77.8 Å². The first-order valence-electron chi connectivity index (χ1n) is 6.85. The summed E-state index contributed by atoms with van der Waals surface area (Å²) in [5.41, 5.74) is -0.484. The van der Waals surface area contributed by atoms with Gasteiger partial charge in [0, 0.05) is 5.41 Å². The van der Waals surface area contributed by atoms with Crippen LogP contribution in [0.4, 0.5) is 0 Å². The molecule has 1 aliphatic carbocycles. The van der Waals surface area contributed by atoms with Gasteiger partial charge in [0.05, 0.1) is 6.16 Å². The predicted octanol–water partition coefficient (Wildman–Crippen LogP) is 4.01. The van der Waals surface area contributed by atoms with E-state index in [2.05, 4.69) is 0 Å². The molecule has 0 aromatic carbocycles. The van der Waals surface area contributed by atoms with Gasteiger partial charge < -0.3 is 14.9 Å². The highest BCUT2D eigenvalue weighted by atomic mass is 31.2. The molecule has 1 rings (SSSR count). The minimum absolute atomic E-state index is 0.202. The van der Waals surface area contributed by atoms with E-state index in [1.807, 2.05) is 47.6 Å². The molecule has 3 N–H and O–H groups in total. The summed E-state index contributed by atoms with van der Waals surface area (Å²) in [4.78, 5) is 18.9. The predicted molar refractivity (Wildman–Crippen MR) is 81.7 cm³/mol. The number of aliphatic hydroxyl groups excluding tert-OH is 1. The molecule has 1 atom stereocenters. The lowest BCUT2D eigenvalue weighted by molar-refractivity contribution is 0.155. The van der Waals surface area contributed by atoms with E-state index in [9.17, 15) is 19.5 Å². The van der Waals surface area contributed by atoms with Crippen LogP contribution in [0, 0.1) is 16.2 Å². The Morgan fingerprint density at radius 1 is 1.20 bits per heavy atom. The second-order valence-electron chi connectivity index (χ2n) is 7.83. The van der Waals surface area contributed by atoms with Gasteiger partial charge in [-0.3, -0.25) is 4.57 Å².